The summed E-state index contributed by atoms with van der Waals surface area (Å²) in [5.41, 5.74) is 0.873. The second kappa shape index (κ2) is 7.52. The number of nitrogens with zero attached hydrogens (tertiary/aromatic N) is 3. The molecule has 20 heavy (non-hydrogen) atoms. The number of hydrogen-bond acceptors (Lipinski definition) is 6. The van der Waals surface area contributed by atoms with Crippen molar-refractivity contribution in [1.82, 2.24) is 14.9 Å². The lowest BCUT2D eigenvalue weighted by Crippen LogP contribution is -2.39. The van der Waals surface area contributed by atoms with Gasteiger partial charge in [0.15, 0.2) is 5.82 Å². The highest BCUT2D eigenvalue weighted by atomic mass is 16.5. The molecule has 1 aliphatic rings. The maximum Gasteiger partial charge on any atom is 0.161 e. The van der Waals surface area contributed by atoms with Gasteiger partial charge in [0, 0.05) is 33.3 Å². The van der Waals surface area contributed by atoms with Crippen LogP contribution in [-0.2, 0) is 16.1 Å². The van der Waals surface area contributed by atoms with Crippen molar-refractivity contribution in [2.75, 3.05) is 45.7 Å². The van der Waals surface area contributed by atoms with Gasteiger partial charge >= 0.3 is 0 Å². The summed E-state index contributed by atoms with van der Waals surface area (Å²) < 4.78 is 11.0. The van der Waals surface area contributed by atoms with Crippen molar-refractivity contribution in [3.05, 3.63) is 17.6 Å². The van der Waals surface area contributed by atoms with Crippen LogP contribution in [0, 0.1) is 0 Å². The molecule has 0 radical (unpaired) electrons. The number of ether oxygens (including phenoxy) is 2. The number of morpholine rings is 1. The molecule has 2 rings (SSSR count). The van der Waals surface area contributed by atoms with E-state index in [1.807, 2.05) is 13.1 Å². The molecule has 1 N–H and O–H groups in total. The molecule has 1 unspecified atom stereocenters. The first kappa shape index (κ1) is 15.2. The summed E-state index contributed by atoms with van der Waals surface area (Å²) in [5, 5.41) is 3.07. The van der Waals surface area contributed by atoms with Gasteiger partial charge in [-0.05, 0) is 13.0 Å². The van der Waals surface area contributed by atoms with E-state index in [1.165, 1.54) is 0 Å². The first-order valence-corrected chi connectivity index (χ1v) is 7.15. The number of aromatic nitrogens is 2. The SMILES string of the molecule is CCCN1CCOC(c2nc(COC)cc(NC)n2)C1. The molecule has 2 heterocycles. The van der Waals surface area contributed by atoms with Crippen LogP contribution in [0.25, 0.3) is 0 Å². The van der Waals surface area contributed by atoms with Crippen molar-refractivity contribution in [2.24, 2.45) is 0 Å². The van der Waals surface area contributed by atoms with E-state index in [0.29, 0.717) is 6.61 Å². The maximum atomic E-state index is 5.84. The van der Waals surface area contributed by atoms with Crippen molar-refractivity contribution >= 4 is 5.82 Å². The first-order valence-electron chi connectivity index (χ1n) is 7.15. The fourth-order valence-corrected chi connectivity index (χ4v) is 2.39. The smallest absolute Gasteiger partial charge is 0.161 e. The summed E-state index contributed by atoms with van der Waals surface area (Å²) in [6.07, 6.45) is 1.10. The lowest BCUT2D eigenvalue weighted by Gasteiger charge is -2.32. The second-order valence-corrected chi connectivity index (χ2v) is 4.95. The van der Waals surface area contributed by atoms with Gasteiger partial charge in [-0.1, -0.05) is 6.92 Å². The van der Waals surface area contributed by atoms with Gasteiger partial charge in [-0.3, -0.25) is 4.90 Å². The van der Waals surface area contributed by atoms with E-state index in [4.69, 9.17) is 9.47 Å². The number of anilines is 1. The molecule has 0 amide bonds. The lowest BCUT2D eigenvalue weighted by molar-refractivity contribution is -0.0343. The molecule has 6 heteroatoms. The molecule has 1 saturated heterocycles. The van der Waals surface area contributed by atoms with Gasteiger partial charge in [-0.2, -0.15) is 0 Å². The fraction of sp³-hybridized carbons (Fsp3) is 0.714. The molecule has 1 aromatic heterocycles. The Kier molecular flexibility index (Phi) is 5.70. The molecule has 1 fully saturated rings. The summed E-state index contributed by atoms with van der Waals surface area (Å²) in [6, 6.07) is 1.90. The molecule has 0 aromatic carbocycles. The van der Waals surface area contributed by atoms with Crippen LogP contribution in [0.1, 0.15) is 31.0 Å². The zero-order valence-electron chi connectivity index (χ0n) is 12.6. The Morgan fingerprint density at radius 1 is 1.50 bits per heavy atom. The third-order valence-electron chi connectivity index (χ3n) is 3.32. The van der Waals surface area contributed by atoms with Crippen LogP contribution in [0.15, 0.2) is 6.07 Å². The Labute approximate surface area is 120 Å². The van der Waals surface area contributed by atoms with Gasteiger partial charge in [0.2, 0.25) is 0 Å². The molecular formula is C14H24N4O2. The number of nitrogens with one attached hydrogen (secondary N) is 1. The minimum absolute atomic E-state index is 0.0563. The van der Waals surface area contributed by atoms with E-state index >= 15 is 0 Å². The van der Waals surface area contributed by atoms with Gasteiger partial charge in [-0.25, -0.2) is 9.97 Å². The predicted molar refractivity (Wildman–Crippen MR) is 77.7 cm³/mol. The highest BCUT2D eigenvalue weighted by Gasteiger charge is 2.24. The number of hydrogen-bond donors (Lipinski definition) is 1. The third-order valence-corrected chi connectivity index (χ3v) is 3.32. The fourth-order valence-electron chi connectivity index (χ4n) is 2.39. The zero-order valence-corrected chi connectivity index (χ0v) is 12.6. The van der Waals surface area contributed by atoms with E-state index in [2.05, 4.69) is 27.1 Å². The van der Waals surface area contributed by atoms with Crippen LogP contribution >= 0.6 is 0 Å². The number of rotatable bonds is 6. The maximum absolute atomic E-state index is 5.84. The Morgan fingerprint density at radius 3 is 3.05 bits per heavy atom. The van der Waals surface area contributed by atoms with Crippen LogP contribution in [0.5, 0.6) is 0 Å². The first-order chi connectivity index (χ1) is 9.76. The van der Waals surface area contributed by atoms with Crippen molar-refractivity contribution in [1.29, 1.82) is 0 Å². The van der Waals surface area contributed by atoms with E-state index in [9.17, 15) is 0 Å². The van der Waals surface area contributed by atoms with Gasteiger partial charge in [0.05, 0.1) is 18.9 Å². The Hall–Kier alpha value is -1.24. The number of methoxy groups -OCH3 is 1. The van der Waals surface area contributed by atoms with Gasteiger partial charge in [0.1, 0.15) is 11.9 Å². The van der Waals surface area contributed by atoms with Crippen LogP contribution in [0.4, 0.5) is 5.82 Å². The summed E-state index contributed by atoms with van der Waals surface area (Å²) in [6.45, 7) is 6.34. The monoisotopic (exact) mass is 280 g/mol. The van der Waals surface area contributed by atoms with Gasteiger partial charge < -0.3 is 14.8 Å². The zero-order chi connectivity index (χ0) is 14.4. The average Bonchev–Trinajstić information content (AvgIpc) is 2.48. The molecule has 0 aliphatic carbocycles. The molecule has 1 aromatic rings. The van der Waals surface area contributed by atoms with Crippen molar-refractivity contribution in [2.45, 2.75) is 26.1 Å². The lowest BCUT2D eigenvalue weighted by atomic mass is 10.2. The molecule has 1 aliphatic heterocycles. The Balaban J connectivity index is 2.15. The predicted octanol–water partition coefficient (Wildman–Crippen LogP) is 1.45. The third kappa shape index (κ3) is 3.88. The quantitative estimate of drug-likeness (QED) is 0.851. The molecule has 0 saturated carbocycles. The van der Waals surface area contributed by atoms with Crippen LogP contribution < -0.4 is 5.32 Å². The minimum atomic E-state index is -0.0563. The highest BCUT2D eigenvalue weighted by molar-refractivity contribution is 5.35. The molecule has 112 valence electrons. The Bertz CT molecular complexity index is 426. The standard InChI is InChI=1S/C14H24N4O2/c1-4-5-18-6-7-20-12(9-18)14-16-11(10-19-3)8-13(15-2)17-14/h8,12H,4-7,9-10H2,1-3H3,(H,15,16,17). The molecular weight excluding hydrogens is 256 g/mol. The van der Waals surface area contributed by atoms with Crippen LogP contribution in [0.2, 0.25) is 0 Å². The van der Waals surface area contributed by atoms with Gasteiger partial charge in [0.25, 0.3) is 0 Å². The minimum Gasteiger partial charge on any atom is -0.378 e. The summed E-state index contributed by atoms with van der Waals surface area (Å²) >= 11 is 0. The van der Waals surface area contributed by atoms with Crippen LogP contribution in [-0.4, -0.2) is 55.3 Å². The largest absolute Gasteiger partial charge is 0.378 e. The van der Waals surface area contributed by atoms with E-state index < -0.39 is 0 Å². The highest BCUT2D eigenvalue weighted by Crippen LogP contribution is 2.21. The summed E-state index contributed by atoms with van der Waals surface area (Å²) in [5.74, 6) is 1.54. The van der Waals surface area contributed by atoms with Crippen molar-refractivity contribution in [3.8, 4) is 0 Å². The van der Waals surface area contributed by atoms with E-state index in [0.717, 1.165) is 50.0 Å². The molecule has 0 bridgehead atoms. The topological polar surface area (TPSA) is 59.5 Å². The molecule has 0 spiro atoms. The van der Waals surface area contributed by atoms with Gasteiger partial charge in [-0.15, -0.1) is 0 Å². The molecule has 1 atom stereocenters. The summed E-state index contributed by atoms with van der Waals surface area (Å²) in [7, 11) is 3.52. The average molecular weight is 280 g/mol. The van der Waals surface area contributed by atoms with Crippen molar-refractivity contribution in [3.63, 3.8) is 0 Å². The normalized spacial score (nSPS) is 20.1. The van der Waals surface area contributed by atoms with E-state index in [-0.39, 0.29) is 6.10 Å². The van der Waals surface area contributed by atoms with E-state index in [1.54, 1.807) is 7.11 Å². The van der Waals surface area contributed by atoms with Crippen LogP contribution in [0.3, 0.4) is 0 Å². The van der Waals surface area contributed by atoms with Crippen molar-refractivity contribution < 1.29 is 9.47 Å². The Morgan fingerprint density at radius 2 is 2.35 bits per heavy atom. The second-order valence-electron chi connectivity index (χ2n) is 4.95. The molecule has 6 nitrogen and oxygen atoms in total. The summed E-state index contributed by atoms with van der Waals surface area (Å²) in [4.78, 5) is 11.5.